The molecule has 0 bridgehead atoms. The number of nitrogens with one attached hydrogen (secondary N) is 1. The van der Waals surface area contributed by atoms with Crippen LogP contribution in [0.1, 0.15) is 23.6 Å². The maximum atomic E-state index is 12.2. The number of carbonyl (C=O) groups excluding carboxylic acids is 1. The van der Waals surface area contributed by atoms with E-state index < -0.39 is 6.10 Å². The van der Waals surface area contributed by atoms with Crippen molar-refractivity contribution in [2.75, 3.05) is 20.8 Å². The smallest absolute Gasteiger partial charge is 0.260 e. The number of methoxy groups -OCH3 is 2. The molecule has 1 amide bonds. The van der Waals surface area contributed by atoms with Crippen molar-refractivity contribution in [2.24, 2.45) is 0 Å². The van der Waals surface area contributed by atoms with E-state index in [-0.39, 0.29) is 5.91 Å². The molecule has 0 saturated carbocycles. The highest BCUT2D eigenvalue weighted by atomic mass is 16.5. The predicted octanol–water partition coefficient (Wildman–Crippen LogP) is 3.45. The van der Waals surface area contributed by atoms with Gasteiger partial charge in [-0.15, -0.1) is 0 Å². The van der Waals surface area contributed by atoms with Gasteiger partial charge in [0.2, 0.25) is 0 Å². The van der Waals surface area contributed by atoms with E-state index in [4.69, 9.17) is 14.2 Å². The number of hydrogen-bond acceptors (Lipinski definition) is 4. The van der Waals surface area contributed by atoms with Crippen molar-refractivity contribution in [1.29, 1.82) is 0 Å². The average Bonchev–Trinajstić information content (AvgIpc) is 2.64. The van der Waals surface area contributed by atoms with Crippen LogP contribution in [-0.2, 0) is 11.2 Å². The first-order chi connectivity index (χ1) is 12.4. The Kier molecular flexibility index (Phi) is 6.89. The molecule has 26 heavy (non-hydrogen) atoms. The van der Waals surface area contributed by atoms with E-state index >= 15 is 0 Å². The number of carbonyl (C=O) groups is 1. The van der Waals surface area contributed by atoms with Crippen LogP contribution in [0.25, 0.3) is 0 Å². The van der Waals surface area contributed by atoms with E-state index in [0.717, 1.165) is 11.1 Å². The molecule has 0 radical (unpaired) electrons. The van der Waals surface area contributed by atoms with Gasteiger partial charge in [0.1, 0.15) is 5.75 Å². The topological polar surface area (TPSA) is 56.8 Å². The number of ether oxygens (including phenoxy) is 3. The van der Waals surface area contributed by atoms with E-state index in [0.29, 0.717) is 30.2 Å². The van der Waals surface area contributed by atoms with Crippen molar-refractivity contribution in [3.05, 3.63) is 53.1 Å². The van der Waals surface area contributed by atoms with Gasteiger partial charge in [0.05, 0.1) is 14.2 Å². The van der Waals surface area contributed by atoms with Gasteiger partial charge in [-0.25, -0.2) is 0 Å². The number of benzene rings is 2. The molecule has 140 valence electrons. The Balaban J connectivity index is 1.85. The molecule has 1 atom stereocenters. The lowest BCUT2D eigenvalue weighted by molar-refractivity contribution is -0.127. The third kappa shape index (κ3) is 5.15. The summed E-state index contributed by atoms with van der Waals surface area (Å²) in [5.74, 6) is 1.94. The van der Waals surface area contributed by atoms with E-state index in [1.165, 1.54) is 5.56 Å². The standard InChI is InChI=1S/C21H27NO4/c1-14-6-8-18(12-15(14)2)26-16(3)21(23)22-11-10-17-7-9-19(24-4)20(13-17)25-5/h6-9,12-13,16H,10-11H2,1-5H3,(H,22,23)/t16-/m0/s1. The predicted molar refractivity (Wildman–Crippen MR) is 102 cm³/mol. The summed E-state index contributed by atoms with van der Waals surface area (Å²) in [4.78, 5) is 12.2. The summed E-state index contributed by atoms with van der Waals surface area (Å²) < 4.78 is 16.3. The molecular formula is C21H27NO4. The summed E-state index contributed by atoms with van der Waals surface area (Å²) in [5, 5.41) is 2.91. The molecule has 1 N–H and O–H groups in total. The van der Waals surface area contributed by atoms with Gasteiger partial charge in [0.25, 0.3) is 5.91 Å². The number of hydrogen-bond donors (Lipinski definition) is 1. The van der Waals surface area contributed by atoms with E-state index in [1.807, 2.05) is 50.2 Å². The van der Waals surface area contributed by atoms with Crippen molar-refractivity contribution in [1.82, 2.24) is 5.32 Å². The van der Waals surface area contributed by atoms with E-state index in [2.05, 4.69) is 5.32 Å². The minimum atomic E-state index is -0.553. The lowest BCUT2D eigenvalue weighted by Crippen LogP contribution is -2.37. The summed E-state index contributed by atoms with van der Waals surface area (Å²) >= 11 is 0. The van der Waals surface area contributed by atoms with Crippen LogP contribution in [-0.4, -0.2) is 32.8 Å². The molecule has 2 rings (SSSR count). The highest BCUT2D eigenvalue weighted by molar-refractivity contribution is 5.80. The molecule has 0 aliphatic carbocycles. The minimum absolute atomic E-state index is 0.135. The number of amides is 1. The molecule has 0 aliphatic rings. The Bertz CT molecular complexity index is 758. The summed E-state index contributed by atoms with van der Waals surface area (Å²) in [6.45, 7) is 6.34. The first-order valence-corrected chi connectivity index (χ1v) is 8.67. The molecular weight excluding hydrogens is 330 g/mol. The van der Waals surface area contributed by atoms with Crippen molar-refractivity contribution in [3.63, 3.8) is 0 Å². The fraction of sp³-hybridized carbons (Fsp3) is 0.381. The van der Waals surface area contributed by atoms with Gasteiger partial charge >= 0.3 is 0 Å². The molecule has 0 fully saturated rings. The summed E-state index contributed by atoms with van der Waals surface area (Å²) in [6.07, 6.45) is 0.144. The van der Waals surface area contributed by atoms with Gasteiger partial charge in [-0.1, -0.05) is 12.1 Å². The summed E-state index contributed by atoms with van der Waals surface area (Å²) in [7, 11) is 3.21. The average molecular weight is 357 g/mol. The van der Waals surface area contributed by atoms with Crippen molar-refractivity contribution in [3.8, 4) is 17.2 Å². The largest absolute Gasteiger partial charge is 0.493 e. The van der Waals surface area contributed by atoms with Crippen LogP contribution >= 0.6 is 0 Å². The molecule has 0 aliphatic heterocycles. The van der Waals surface area contributed by atoms with Gasteiger partial charge in [-0.3, -0.25) is 4.79 Å². The molecule has 2 aromatic rings. The molecule has 0 heterocycles. The maximum absolute atomic E-state index is 12.2. The van der Waals surface area contributed by atoms with Gasteiger partial charge in [-0.2, -0.15) is 0 Å². The van der Waals surface area contributed by atoms with Crippen LogP contribution in [0.15, 0.2) is 36.4 Å². The van der Waals surface area contributed by atoms with E-state index in [1.54, 1.807) is 21.1 Å². The summed E-state index contributed by atoms with van der Waals surface area (Å²) in [5.41, 5.74) is 3.40. The lowest BCUT2D eigenvalue weighted by atomic mass is 10.1. The lowest BCUT2D eigenvalue weighted by Gasteiger charge is -2.16. The van der Waals surface area contributed by atoms with Gasteiger partial charge in [0, 0.05) is 6.54 Å². The molecule has 2 aromatic carbocycles. The molecule has 0 saturated heterocycles. The Hall–Kier alpha value is -2.69. The Morgan fingerprint density at radius 2 is 1.73 bits per heavy atom. The highest BCUT2D eigenvalue weighted by Gasteiger charge is 2.14. The van der Waals surface area contributed by atoms with E-state index in [9.17, 15) is 4.79 Å². The van der Waals surface area contributed by atoms with Crippen molar-refractivity contribution >= 4 is 5.91 Å². The second-order valence-electron chi connectivity index (χ2n) is 6.24. The van der Waals surface area contributed by atoms with Crippen LogP contribution in [0.4, 0.5) is 0 Å². The third-order valence-corrected chi connectivity index (χ3v) is 4.32. The zero-order valence-corrected chi connectivity index (χ0v) is 16.1. The van der Waals surface area contributed by atoms with Gasteiger partial charge in [-0.05, 0) is 68.1 Å². The normalized spacial score (nSPS) is 11.6. The summed E-state index contributed by atoms with van der Waals surface area (Å²) in [6, 6.07) is 11.6. The number of aryl methyl sites for hydroxylation is 2. The van der Waals surface area contributed by atoms with Crippen molar-refractivity contribution < 1.29 is 19.0 Å². The monoisotopic (exact) mass is 357 g/mol. The molecule has 5 nitrogen and oxygen atoms in total. The second kappa shape index (κ2) is 9.13. The van der Waals surface area contributed by atoms with Crippen LogP contribution in [0, 0.1) is 13.8 Å². The molecule has 5 heteroatoms. The highest BCUT2D eigenvalue weighted by Crippen LogP contribution is 2.27. The van der Waals surface area contributed by atoms with Gasteiger partial charge < -0.3 is 19.5 Å². The first kappa shape index (κ1) is 19.6. The molecule has 0 unspecified atom stereocenters. The third-order valence-electron chi connectivity index (χ3n) is 4.32. The number of rotatable bonds is 8. The van der Waals surface area contributed by atoms with Crippen molar-refractivity contribution in [2.45, 2.75) is 33.3 Å². The first-order valence-electron chi connectivity index (χ1n) is 8.67. The molecule has 0 spiro atoms. The quantitative estimate of drug-likeness (QED) is 0.786. The zero-order chi connectivity index (χ0) is 19.1. The Morgan fingerprint density at radius 3 is 2.38 bits per heavy atom. The fourth-order valence-electron chi connectivity index (χ4n) is 2.55. The maximum Gasteiger partial charge on any atom is 0.260 e. The van der Waals surface area contributed by atoms with Gasteiger partial charge in [0.15, 0.2) is 17.6 Å². The second-order valence-corrected chi connectivity index (χ2v) is 6.24. The van der Waals surface area contributed by atoms with Crippen LogP contribution < -0.4 is 19.5 Å². The minimum Gasteiger partial charge on any atom is -0.493 e. The van der Waals surface area contributed by atoms with Crippen LogP contribution in [0.5, 0.6) is 17.2 Å². The SMILES string of the molecule is COc1ccc(CCNC(=O)[C@H](C)Oc2ccc(C)c(C)c2)cc1OC. The molecule has 0 aromatic heterocycles. The zero-order valence-electron chi connectivity index (χ0n) is 16.1. The van der Waals surface area contributed by atoms with Crippen LogP contribution in [0.3, 0.4) is 0 Å². The Labute approximate surface area is 155 Å². The van der Waals surface area contributed by atoms with Crippen LogP contribution in [0.2, 0.25) is 0 Å². The Morgan fingerprint density at radius 1 is 1.00 bits per heavy atom. The fourth-order valence-corrected chi connectivity index (χ4v) is 2.55.